The number of nitrogens with one attached hydrogen (secondary N) is 2. The summed E-state index contributed by atoms with van der Waals surface area (Å²) in [4.78, 5) is 59.3. The third kappa shape index (κ3) is 6.87. The minimum Gasteiger partial charge on any atom is -0.469 e. The first-order valence-electron chi connectivity index (χ1n) is 19.0. The van der Waals surface area contributed by atoms with Gasteiger partial charge >= 0.3 is 18.3 Å². The molecule has 0 unspecified atom stereocenters. The number of amides is 2. The van der Waals surface area contributed by atoms with Crippen LogP contribution in [0.4, 0.5) is 26.3 Å². The van der Waals surface area contributed by atoms with E-state index in [1.54, 1.807) is 13.0 Å². The molecule has 4 aliphatic rings. The number of hydrogen-bond acceptors (Lipinski definition) is 6. The zero-order valence-electron chi connectivity index (χ0n) is 32.9. The molecule has 0 aliphatic carbocycles. The normalized spacial score (nSPS) is 17.7. The Morgan fingerprint density at radius 1 is 0.776 bits per heavy atom. The van der Waals surface area contributed by atoms with E-state index in [1.165, 1.54) is 7.11 Å². The van der Waals surface area contributed by atoms with Crippen LogP contribution in [-0.4, -0.2) is 49.7 Å². The largest absolute Gasteiger partial charge is 0.469 e. The van der Waals surface area contributed by atoms with Crippen LogP contribution in [0.2, 0.25) is 0 Å². The van der Waals surface area contributed by atoms with E-state index in [9.17, 15) is 40.7 Å². The number of hydrogen-bond donors (Lipinski definition) is 2. The lowest BCUT2D eigenvalue weighted by atomic mass is 9.84. The molecule has 6 heterocycles. The fraction of sp³-hybridized carbons (Fsp3) is 0.372. The van der Waals surface area contributed by atoms with Crippen LogP contribution in [0.25, 0.3) is 33.3 Å². The number of nitrogens with zero attached hydrogens (tertiary/aromatic N) is 3. The van der Waals surface area contributed by atoms with Crippen LogP contribution in [0.15, 0.2) is 36.4 Å². The molecule has 2 aromatic heterocycles. The number of aromatic amines is 2. The van der Waals surface area contributed by atoms with Crippen LogP contribution in [0.5, 0.6) is 0 Å². The standard InChI is InChI=1S/C43H41F6N5O4/c1-8-26-19(3)29-15-31-21(5)28(10-11-35(55)58-7)38(52-31)37-39-36(22(6)32(53-39)17-34-27(9-2)20(4)30(51-34)16-33(26)50-29)40(56)54(41(37)57)18-23-12-24(42(44,45)46)14-25(13-23)43(47,48)49/h12-17,21,28,52-53H,8-11,18H2,1-7H3/t21-,28-/m0/s1. The summed E-state index contributed by atoms with van der Waals surface area (Å²) in [5.74, 6) is -3.25. The molecule has 0 spiro atoms. The molecule has 15 heteroatoms. The minimum atomic E-state index is -5.15. The van der Waals surface area contributed by atoms with Gasteiger partial charge in [0.2, 0.25) is 0 Å². The maximum Gasteiger partial charge on any atom is 0.416 e. The van der Waals surface area contributed by atoms with Crippen molar-refractivity contribution in [3.8, 4) is 0 Å². The van der Waals surface area contributed by atoms with E-state index in [0.717, 1.165) is 28.0 Å². The van der Waals surface area contributed by atoms with Gasteiger partial charge in [0.15, 0.2) is 0 Å². The second-order valence-corrected chi connectivity index (χ2v) is 15.0. The molecule has 58 heavy (non-hydrogen) atoms. The average Bonchev–Trinajstić information content (AvgIpc) is 3.84. The summed E-state index contributed by atoms with van der Waals surface area (Å²) >= 11 is 0. The SMILES string of the molecule is CCC1=C(C)c2cc3[nH]c(c4c5[nH]c(cc6nc(cc1n2)C(C)=C6CC)c(C)c5C(=O)N(Cc1cc(C(F)(F)F)cc(C(F)(F)F)c1)C4=O)[C@@H](CCC(=O)OC)[C@@H]3C. The van der Waals surface area contributed by atoms with Crippen molar-refractivity contribution >= 4 is 51.1 Å². The molecule has 7 rings (SSSR count). The number of methoxy groups -OCH3 is 1. The molecule has 0 saturated carbocycles. The van der Waals surface area contributed by atoms with Crippen molar-refractivity contribution in [1.29, 1.82) is 0 Å². The van der Waals surface area contributed by atoms with Gasteiger partial charge in [-0.15, -0.1) is 0 Å². The Kier molecular flexibility index (Phi) is 10.2. The molecule has 304 valence electrons. The number of benzene rings is 1. The predicted molar refractivity (Wildman–Crippen MR) is 206 cm³/mol. The highest BCUT2D eigenvalue weighted by molar-refractivity contribution is 6.23. The van der Waals surface area contributed by atoms with Gasteiger partial charge in [-0.25, -0.2) is 9.97 Å². The number of allylic oxidation sites excluding steroid dienone is 4. The molecule has 2 amide bonds. The highest BCUT2D eigenvalue weighted by atomic mass is 19.4. The van der Waals surface area contributed by atoms with Crippen molar-refractivity contribution in [1.82, 2.24) is 24.8 Å². The second kappa shape index (κ2) is 14.6. The Bertz CT molecular complexity index is 2530. The lowest BCUT2D eigenvalue weighted by Crippen LogP contribution is -2.40. The van der Waals surface area contributed by atoms with Gasteiger partial charge in [-0.3, -0.25) is 19.3 Å². The quantitative estimate of drug-likeness (QED) is 0.139. The number of aromatic nitrogens is 4. The molecule has 2 atom stereocenters. The molecule has 0 radical (unpaired) electrons. The number of alkyl halides is 6. The van der Waals surface area contributed by atoms with E-state index >= 15 is 0 Å². The number of aryl methyl sites for hydroxylation is 1. The lowest BCUT2D eigenvalue weighted by Gasteiger charge is -2.28. The van der Waals surface area contributed by atoms with Crippen LogP contribution >= 0.6 is 0 Å². The summed E-state index contributed by atoms with van der Waals surface area (Å²) in [6, 6.07) is 6.64. The number of imide groups is 1. The molecule has 0 fully saturated rings. The molecule has 9 nitrogen and oxygen atoms in total. The van der Waals surface area contributed by atoms with Crippen molar-refractivity contribution < 1.29 is 45.5 Å². The summed E-state index contributed by atoms with van der Waals surface area (Å²) in [5, 5.41) is 0. The first-order valence-corrected chi connectivity index (χ1v) is 19.0. The van der Waals surface area contributed by atoms with Gasteiger partial charge in [0.05, 0.1) is 64.2 Å². The fourth-order valence-corrected chi connectivity index (χ4v) is 8.46. The van der Waals surface area contributed by atoms with Crippen LogP contribution in [0.1, 0.15) is 149 Å². The fourth-order valence-electron chi connectivity index (χ4n) is 8.46. The van der Waals surface area contributed by atoms with E-state index in [0.29, 0.717) is 69.4 Å². The maximum absolute atomic E-state index is 14.9. The van der Waals surface area contributed by atoms with Gasteiger partial charge in [-0.1, -0.05) is 20.8 Å². The van der Waals surface area contributed by atoms with E-state index in [-0.39, 0.29) is 41.5 Å². The first kappa shape index (κ1) is 40.5. The van der Waals surface area contributed by atoms with Crippen LogP contribution in [0.3, 0.4) is 0 Å². The van der Waals surface area contributed by atoms with Crippen molar-refractivity contribution in [2.24, 2.45) is 0 Å². The maximum atomic E-state index is 14.9. The van der Waals surface area contributed by atoms with Gasteiger partial charge in [0.1, 0.15) is 0 Å². The lowest BCUT2D eigenvalue weighted by molar-refractivity contribution is -0.143. The van der Waals surface area contributed by atoms with E-state index in [2.05, 4.69) is 9.97 Å². The van der Waals surface area contributed by atoms with Gasteiger partial charge in [-0.2, -0.15) is 26.3 Å². The molecule has 0 saturated heterocycles. The molecule has 1 aromatic carbocycles. The number of fused-ring (bicyclic) bond motifs is 8. The molecule has 2 N–H and O–H groups in total. The van der Waals surface area contributed by atoms with Gasteiger partial charge in [-0.05, 0) is 110 Å². The number of rotatable bonds is 7. The van der Waals surface area contributed by atoms with Crippen molar-refractivity contribution in [2.75, 3.05) is 7.11 Å². The first-order chi connectivity index (χ1) is 27.3. The summed E-state index contributed by atoms with van der Waals surface area (Å²) < 4.78 is 88.6. The topological polar surface area (TPSA) is 121 Å². The van der Waals surface area contributed by atoms with E-state index < -0.39 is 59.3 Å². The Morgan fingerprint density at radius 2 is 1.33 bits per heavy atom. The van der Waals surface area contributed by atoms with Crippen molar-refractivity contribution in [3.05, 3.63) is 104 Å². The van der Waals surface area contributed by atoms with Gasteiger partial charge in [0, 0.05) is 35.2 Å². The Morgan fingerprint density at radius 3 is 1.88 bits per heavy atom. The highest BCUT2D eigenvalue weighted by Gasteiger charge is 2.42. The summed E-state index contributed by atoms with van der Waals surface area (Å²) in [6.07, 6.45) is -8.83. The van der Waals surface area contributed by atoms with Crippen LogP contribution < -0.4 is 0 Å². The smallest absolute Gasteiger partial charge is 0.416 e. The summed E-state index contributed by atoms with van der Waals surface area (Å²) in [6.45, 7) is 10.7. The number of carbonyl (C=O) groups is 3. The molecular formula is C43H41F6N5O4. The average molecular weight is 806 g/mol. The molecule has 4 aliphatic heterocycles. The van der Waals surface area contributed by atoms with Crippen molar-refractivity contribution in [3.63, 3.8) is 0 Å². The Balaban J connectivity index is 1.56. The Hall–Kier alpha value is -5.73. The van der Waals surface area contributed by atoms with E-state index in [1.807, 2.05) is 46.8 Å². The van der Waals surface area contributed by atoms with E-state index in [4.69, 9.17) is 14.7 Å². The number of halogens is 6. The van der Waals surface area contributed by atoms with Crippen LogP contribution in [0, 0.1) is 6.92 Å². The van der Waals surface area contributed by atoms with Crippen molar-refractivity contribution in [2.45, 2.75) is 98.0 Å². The molecule has 3 aromatic rings. The number of H-pyrrole nitrogens is 2. The zero-order valence-corrected chi connectivity index (χ0v) is 32.9. The summed E-state index contributed by atoms with van der Waals surface area (Å²) in [5.41, 5.74) is 4.86. The van der Waals surface area contributed by atoms with Gasteiger partial charge < -0.3 is 14.7 Å². The molecule has 8 bridgehead atoms. The molecular weight excluding hydrogens is 764 g/mol. The zero-order chi connectivity index (χ0) is 42.2. The van der Waals surface area contributed by atoms with Crippen LogP contribution in [-0.2, 0) is 28.4 Å². The minimum absolute atomic E-state index is 0.00323. The second-order valence-electron chi connectivity index (χ2n) is 15.0. The monoisotopic (exact) mass is 805 g/mol. The number of esters is 1. The third-order valence-electron chi connectivity index (χ3n) is 11.7. The third-order valence-corrected chi connectivity index (χ3v) is 11.7. The Labute approximate surface area is 329 Å². The number of ether oxygens (including phenoxy) is 1. The number of carbonyl (C=O) groups excluding carboxylic acids is 3. The highest BCUT2D eigenvalue weighted by Crippen LogP contribution is 2.45. The predicted octanol–water partition coefficient (Wildman–Crippen LogP) is 10.7. The summed E-state index contributed by atoms with van der Waals surface area (Å²) in [7, 11) is 1.26. The van der Waals surface area contributed by atoms with Gasteiger partial charge in [0.25, 0.3) is 11.8 Å².